The summed E-state index contributed by atoms with van der Waals surface area (Å²) in [5, 5.41) is 0. The third-order valence-corrected chi connectivity index (χ3v) is 1.81. The van der Waals surface area contributed by atoms with Crippen LogP contribution < -0.4 is 0 Å². The van der Waals surface area contributed by atoms with Crippen molar-refractivity contribution in [3.63, 3.8) is 0 Å². The molecule has 11 heavy (non-hydrogen) atoms. The molecule has 0 saturated heterocycles. The molecule has 0 heterocycles. The number of nitrogens with zero attached hydrogens (tertiary/aromatic N) is 1. The van der Waals surface area contributed by atoms with Gasteiger partial charge in [-0.3, -0.25) is 0 Å². The van der Waals surface area contributed by atoms with Crippen molar-refractivity contribution in [2.24, 2.45) is 0 Å². The Kier molecular flexibility index (Phi) is 4.43. The molecule has 0 radical (unpaired) electrons. The molecule has 0 fully saturated rings. The zero-order chi connectivity index (χ0) is 8.91. The number of likely N-dealkylation sites (N-methyl/N-ethyl adjacent to an activating group) is 1. The normalized spacial score (nSPS) is 11.6. The third kappa shape index (κ3) is 6.11. The van der Waals surface area contributed by atoms with Crippen molar-refractivity contribution >= 4 is 0 Å². The Morgan fingerprint density at radius 2 is 1.91 bits per heavy atom. The topological polar surface area (TPSA) is 0 Å². The minimum Gasteiger partial charge on any atom is -0.325 e. The molecule has 1 heteroatoms. The van der Waals surface area contributed by atoms with Gasteiger partial charge in [0.25, 0.3) is 0 Å². The van der Waals surface area contributed by atoms with Crippen LogP contribution in [-0.4, -0.2) is 31.7 Å². The largest absolute Gasteiger partial charge is 0.325 e. The fourth-order valence-corrected chi connectivity index (χ4v) is 1.40. The summed E-state index contributed by atoms with van der Waals surface area (Å²) >= 11 is 0. The van der Waals surface area contributed by atoms with E-state index in [1.54, 1.807) is 0 Å². The third-order valence-electron chi connectivity index (χ3n) is 1.81. The second kappa shape index (κ2) is 4.55. The lowest BCUT2D eigenvalue weighted by atomic mass is 10.2. The van der Waals surface area contributed by atoms with E-state index in [2.05, 4.69) is 34.5 Å². The fourth-order valence-electron chi connectivity index (χ4n) is 1.40. The molecule has 0 unspecified atom stereocenters. The number of hydrogen-bond donors (Lipinski definition) is 0. The Labute approximate surface area is 71.3 Å². The van der Waals surface area contributed by atoms with Gasteiger partial charge in [-0.15, -0.1) is 0 Å². The number of rotatable bonds is 5. The second-order valence-electron chi connectivity index (χ2n) is 4.13. The average Bonchev–Trinajstić information content (AvgIpc) is 1.81. The zero-order valence-corrected chi connectivity index (χ0v) is 8.48. The van der Waals surface area contributed by atoms with Gasteiger partial charge in [0.15, 0.2) is 0 Å². The lowest BCUT2D eigenvalue weighted by Crippen LogP contribution is -2.41. The van der Waals surface area contributed by atoms with Crippen LogP contribution in [0.15, 0.2) is 12.2 Å². The van der Waals surface area contributed by atoms with Gasteiger partial charge in [0.2, 0.25) is 0 Å². The Bertz CT molecular complexity index is 125. The Morgan fingerprint density at radius 1 is 1.36 bits per heavy atom. The first kappa shape index (κ1) is 10.7. The molecule has 0 bridgehead atoms. The minimum atomic E-state index is 1.09. The van der Waals surface area contributed by atoms with E-state index >= 15 is 0 Å². The predicted molar refractivity (Wildman–Crippen MR) is 51.6 cm³/mol. The summed E-state index contributed by atoms with van der Waals surface area (Å²) in [6, 6.07) is 0. The van der Waals surface area contributed by atoms with Gasteiger partial charge in [-0.25, -0.2) is 0 Å². The van der Waals surface area contributed by atoms with Gasteiger partial charge < -0.3 is 4.48 Å². The van der Waals surface area contributed by atoms with Crippen molar-refractivity contribution in [3.05, 3.63) is 12.2 Å². The molecule has 0 saturated carbocycles. The monoisotopic (exact) mass is 156 g/mol. The summed E-state index contributed by atoms with van der Waals surface area (Å²) in [5.74, 6) is 0. The molecule has 0 aliphatic heterocycles. The molecule has 0 rings (SSSR count). The van der Waals surface area contributed by atoms with Crippen molar-refractivity contribution in [2.75, 3.05) is 27.2 Å². The molecule has 66 valence electrons. The smallest absolute Gasteiger partial charge is 0.0993 e. The lowest BCUT2D eigenvalue weighted by molar-refractivity contribution is -0.885. The van der Waals surface area contributed by atoms with Crippen LogP contribution in [0.4, 0.5) is 0 Å². The molecule has 0 N–H and O–H groups in total. The van der Waals surface area contributed by atoms with Crippen LogP contribution in [-0.2, 0) is 0 Å². The summed E-state index contributed by atoms with van der Waals surface area (Å²) in [5.41, 5.74) is 1.28. The summed E-state index contributed by atoms with van der Waals surface area (Å²) in [4.78, 5) is 0. The molecular weight excluding hydrogens is 134 g/mol. The molecule has 0 atom stereocenters. The van der Waals surface area contributed by atoms with E-state index in [1.165, 1.54) is 25.0 Å². The van der Waals surface area contributed by atoms with Crippen LogP contribution in [0.3, 0.4) is 0 Å². The van der Waals surface area contributed by atoms with Gasteiger partial charge in [0.1, 0.15) is 0 Å². The quantitative estimate of drug-likeness (QED) is 0.423. The van der Waals surface area contributed by atoms with Crippen LogP contribution in [0.2, 0.25) is 0 Å². The fraction of sp³-hybridized carbons (Fsp3) is 0.800. The second-order valence-corrected chi connectivity index (χ2v) is 4.13. The van der Waals surface area contributed by atoms with Crippen molar-refractivity contribution < 1.29 is 4.48 Å². The van der Waals surface area contributed by atoms with Gasteiger partial charge in [-0.2, -0.15) is 0 Å². The van der Waals surface area contributed by atoms with Crippen LogP contribution in [0.25, 0.3) is 0 Å². The highest BCUT2D eigenvalue weighted by Crippen LogP contribution is 2.04. The van der Waals surface area contributed by atoms with Crippen molar-refractivity contribution in [1.82, 2.24) is 0 Å². The zero-order valence-electron chi connectivity index (χ0n) is 8.48. The highest BCUT2D eigenvalue weighted by atomic mass is 15.3. The molecule has 0 aromatic carbocycles. The van der Waals surface area contributed by atoms with E-state index in [9.17, 15) is 0 Å². The molecule has 0 spiro atoms. The van der Waals surface area contributed by atoms with E-state index in [4.69, 9.17) is 0 Å². The Hall–Kier alpha value is -0.300. The van der Waals surface area contributed by atoms with Gasteiger partial charge in [0, 0.05) is 0 Å². The van der Waals surface area contributed by atoms with Crippen LogP contribution in [0.5, 0.6) is 0 Å². The van der Waals surface area contributed by atoms with E-state index in [0.29, 0.717) is 0 Å². The van der Waals surface area contributed by atoms with Crippen molar-refractivity contribution in [3.8, 4) is 0 Å². The average molecular weight is 156 g/mol. The molecule has 0 aliphatic carbocycles. The summed E-state index contributed by atoms with van der Waals surface area (Å²) in [6.07, 6.45) is 2.61. The maximum Gasteiger partial charge on any atom is 0.0993 e. The highest BCUT2D eigenvalue weighted by molar-refractivity contribution is 4.87. The lowest BCUT2D eigenvalue weighted by Gasteiger charge is -2.29. The van der Waals surface area contributed by atoms with E-state index in [1.807, 2.05) is 0 Å². The summed E-state index contributed by atoms with van der Waals surface area (Å²) in [6.45, 7) is 10.7. The first-order valence-electron chi connectivity index (χ1n) is 4.44. The van der Waals surface area contributed by atoms with Crippen LogP contribution in [0, 0.1) is 0 Å². The first-order valence-corrected chi connectivity index (χ1v) is 4.44. The van der Waals surface area contributed by atoms with E-state index in [0.717, 1.165) is 11.0 Å². The highest BCUT2D eigenvalue weighted by Gasteiger charge is 2.12. The molecular formula is C10H22N+. The van der Waals surface area contributed by atoms with Crippen LogP contribution >= 0.6 is 0 Å². The van der Waals surface area contributed by atoms with Crippen LogP contribution in [0.1, 0.15) is 26.7 Å². The van der Waals surface area contributed by atoms with Gasteiger partial charge >= 0.3 is 0 Å². The van der Waals surface area contributed by atoms with Gasteiger partial charge in [0.05, 0.1) is 27.2 Å². The molecule has 0 amide bonds. The number of quaternary nitrogens is 1. The van der Waals surface area contributed by atoms with E-state index < -0.39 is 0 Å². The Morgan fingerprint density at radius 3 is 2.27 bits per heavy atom. The summed E-state index contributed by atoms with van der Waals surface area (Å²) < 4.78 is 1.09. The maximum atomic E-state index is 3.93. The number of unbranched alkanes of at least 4 members (excludes halogenated alkanes) is 1. The SMILES string of the molecule is C=C(C)C[N+](C)(C)CCCC. The number of hydrogen-bond acceptors (Lipinski definition) is 0. The Balaban J connectivity index is 3.70. The first-order chi connectivity index (χ1) is 4.98. The summed E-state index contributed by atoms with van der Waals surface area (Å²) in [7, 11) is 4.54. The molecule has 0 aliphatic rings. The van der Waals surface area contributed by atoms with Crippen molar-refractivity contribution in [1.29, 1.82) is 0 Å². The molecule has 0 aromatic heterocycles. The van der Waals surface area contributed by atoms with Gasteiger partial charge in [-0.05, 0) is 18.9 Å². The predicted octanol–water partition coefficient (Wildman–Crippen LogP) is 2.44. The van der Waals surface area contributed by atoms with Crippen molar-refractivity contribution in [2.45, 2.75) is 26.7 Å². The molecule has 0 aromatic rings. The van der Waals surface area contributed by atoms with Gasteiger partial charge in [-0.1, -0.05) is 19.9 Å². The molecule has 1 nitrogen and oxygen atoms in total. The minimum absolute atomic E-state index is 1.09. The van der Waals surface area contributed by atoms with E-state index in [-0.39, 0.29) is 0 Å². The standard InChI is InChI=1S/C10H22N/c1-6-7-8-11(4,5)9-10(2)3/h2,6-9H2,1,3-5H3/q+1. The maximum absolute atomic E-state index is 3.93.